The Morgan fingerprint density at radius 2 is 2.04 bits per heavy atom. The number of H-pyrrole nitrogens is 1. The Bertz CT molecular complexity index is 620. The van der Waals surface area contributed by atoms with E-state index in [9.17, 15) is 0 Å². The molecule has 1 unspecified atom stereocenters. The van der Waals surface area contributed by atoms with E-state index in [1.165, 1.54) is 11.1 Å². The van der Waals surface area contributed by atoms with Crippen LogP contribution in [0.1, 0.15) is 22.9 Å². The van der Waals surface area contributed by atoms with E-state index in [0.717, 1.165) is 50.8 Å². The number of nitrogens with one attached hydrogen (secondary N) is 2. The molecule has 1 aromatic heterocycles. The lowest BCUT2D eigenvalue weighted by Gasteiger charge is -2.35. The molecule has 1 atom stereocenters. The van der Waals surface area contributed by atoms with Crippen molar-refractivity contribution in [2.45, 2.75) is 19.5 Å². The molecule has 2 aromatic rings. The maximum Gasteiger partial charge on any atom is 0.118 e. The SMILES string of the molecule is COc1ccc(C(CNCc2cn[nH]c2C)N2CCOCC2)cc1. The predicted octanol–water partition coefficient (Wildman–Crippen LogP) is 1.89. The number of methoxy groups -OCH3 is 1. The molecule has 1 aromatic carbocycles. The van der Waals surface area contributed by atoms with Gasteiger partial charge >= 0.3 is 0 Å². The highest BCUT2D eigenvalue weighted by atomic mass is 16.5. The summed E-state index contributed by atoms with van der Waals surface area (Å²) in [5.74, 6) is 0.890. The first-order valence-electron chi connectivity index (χ1n) is 8.43. The van der Waals surface area contributed by atoms with Crippen molar-refractivity contribution in [3.05, 3.63) is 47.3 Å². The third-order valence-corrected chi connectivity index (χ3v) is 4.57. The van der Waals surface area contributed by atoms with Crippen LogP contribution in [0.15, 0.2) is 30.5 Å². The van der Waals surface area contributed by atoms with Crippen molar-refractivity contribution in [1.29, 1.82) is 0 Å². The summed E-state index contributed by atoms with van der Waals surface area (Å²) in [6, 6.07) is 8.70. The van der Waals surface area contributed by atoms with Crippen LogP contribution >= 0.6 is 0 Å². The summed E-state index contributed by atoms with van der Waals surface area (Å²) in [6.07, 6.45) is 1.89. The van der Waals surface area contributed by atoms with Gasteiger partial charge in [-0.25, -0.2) is 0 Å². The largest absolute Gasteiger partial charge is 0.497 e. The summed E-state index contributed by atoms with van der Waals surface area (Å²) < 4.78 is 10.8. The van der Waals surface area contributed by atoms with Gasteiger partial charge in [0.15, 0.2) is 0 Å². The van der Waals surface area contributed by atoms with Gasteiger partial charge in [0.25, 0.3) is 0 Å². The fraction of sp³-hybridized carbons (Fsp3) is 0.500. The summed E-state index contributed by atoms with van der Waals surface area (Å²) in [6.45, 7) is 7.27. The van der Waals surface area contributed by atoms with Crippen LogP contribution in [0.25, 0.3) is 0 Å². The van der Waals surface area contributed by atoms with Crippen LogP contribution in [0.2, 0.25) is 0 Å². The fourth-order valence-electron chi connectivity index (χ4n) is 3.07. The zero-order valence-electron chi connectivity index (χ0n) is 14.4. The van der Waals surface area contributed by atoms with Gasteiger partial charge in [-0.15, -0.1) is 0 Å². The van der Waals surface area contributed by atoms with E-state index in [-0.39, 0.29) is 0 Å². The Morgan fingerprint density at radius 3 is 2.67 bits per heavy atom. The maximum absolute atomic E-state index is 5.51. The molecule has 0 amide bonds. The van der Waals surface area contributed by atoms with Gasteiger partial charge in [0.2, 0.25) is 0 Å². The highest BCUT2D eigenvalue weighted by Crippen LogP contribution is 2.23. The first kappa shape index (κ1) is 17.0. The molecule has 0 bridgehead atoms. The summed E-state index contributed by atoms with van der Waals surface area (Å²) in [5, 5.41) is 10.6. The molecule has 0 spiro atoms. The lowest BCUT2D eigenvalue weighted by molar-refractivity contribution is 0.0161. The van der Waals surface area contributed by atoms with E-state index in [1.807, 2.05) is 25.3 Å². The number of hydrogen-bond donors (Lipinski definition) is 2. The second-order valence-electron chi connectivity index (χ2n) is 6.09. The zero-order valence-corrected chi connectivity index (χ0v) is 14.4. The molecule has 1 fully saturated rings. The van der Waals surface area contributed by atoms with Crippen LogP contribution in [-0.4, -0.2) is 55.1 Å². The Kier molecular flexibility index (Phi) is 5.85. The average molecular weight is 330 g/mol. The maximum atomic E-state index is 5.51. The van der Waals surface area contributed by atoms with Crippen molar-refractivity contribution in [3.63, 3.8) is 0 Å². The van der Waals surface area contributed by atoms with Crippen LogP contribution in [0.3, 0.4) is 0 Å². The van der Waals surface area contributed by atoms with E-state index >= 15 is 0 Å². The minimum atomic E-state index is 0.326. The fourth-order valence-corrected chi connectivity index (χ4v) is 3.07. The Morgan fingerprint density at radius 1 is 1.29 bits per heavy atom. The molecule has 6 heteroatoms. The number of ether oxygens (including phenoxy) is 2. The van der Waals surface area contributed by atoms with Crippen molar-refractivity contribution in [1.82, 2.24) is 20.4 Å². The van der Waals surface area contributed by atoms with Crippen molar-refractivity contribution in [3.8, 4) is 5.75 Å². The summed E-state index contributed by atoms with van der Waals surface area (Å²) >= 11 is 0. The molecule has 1 aliphatic rings. The van der Waals surface area contributed by atoms with Crippen LogP contribution in [0.5, 0.6) is 5.75 Å². The number of rotatable bonds is 7. The van der Waals surface area contributed by atoms with Crippen LogP contribution in [-0.2, 0) is 11.3 Å². The number of aromatic amines is 1. The van der Waals surface area contributed by atoms with Gasteiger partial charge in [0.05, 0.1) is 26.5 Å². The van der Waals surface area contributed by atoms with Gasteiger partial charge in [-0.3, -0.25) is 10.00 Å². The van der Waals surface area contributed by atoms with E-state index in [2.05, 4.69) is 32.5 Å². The number of hydrogen-bond acceptors (Lipinski definition) is 5. The molecule has 24 heavy (non-hydrogen) atoms. The van der Waals surface area contributed by atoms with Gasteiger partial charge in [0.1, 0.15) is 5.75 Å². The number of nitrogens with zero attached hydrogens (tertiary/aromatic N) is 2. The average Bonchev–Trinajstić information content (AvgIpc) is 3.05. The van der Waals surface area contributed by atoms with Crippen molar-refractivity contribution in [2.75, 3.05) is 40.0 Å². The number of aromatic nitrogens is 2. The lowest BCUT2D eigenvalue weighted by atomic mass is 10.0. The van der Waals surface area contributed by atoms with Gasteiger partial charge < -0.3 is 14.8 Å². The van der Waals surface area contributed by atoms with Crippen LogP contribution < -0.4 is 10.1 Å². The minimum absolute atomic E-state index is 0.326. The minimum Gasteiger partial charge on any atom is -0.497 e. The molecule has 1 saturated heterocycles. The standard InChI is InChI=1S/C18H26N4O2/c1-14-16(12-20-21-14)11-19-13-18(22-7-9-24-10-8-22)15-3-5-17(23-2)6-4-15/h3-6,12,18-19H,7-11,13H2,1-2H3,(H,20,21). The van der Waals surface area contributed by atoms with Crippen LogP contribution in [0.4, 0.5) is 0 Å². The number of aryl methyl sites for hydroxylation is 1. The lowest BCUT2D eigenvalue weighted by Crippen LogP contribution is -2.42. The molecule has 130 valence electrons. The summed E-state index contributed by atoms with van der Waals surface area (Å²) in [4.78, 5) is 2.49. The van der Waals surface area contributed by atoms with E-state index in [0.29, 0.717) is 6.04 Å². The van der Waals surface area contributed by atoms with Crippen molar-refractivity contribution in [2.24, 2.45) is 0 Å². The molecular weight excluding hydrogens is 304 g/mol. The van der Waals surface area contributed by atoms with E-state index in [4.69, 9.17) is 9.47 Å². The summed E-state index contributed by atoms with van der Waals surface area (Å²) in [5.41, 5.74) is 3.63. The predicted molar refractivity (Wildman–Crippen MR) is 93.2 cm³/mol. The Labute approximate surface area is 143 Å². The Balaban J connectivity index is 1.67. The molecule has 2 N–H and O–H groups in total. The summed E-state index contributed by atoms with van der Waals surface area (Å²) in [7, 11) is 1.70. The smallest absolute Gasteiger partial charge is 0.118 e. The van der Waals surface area contributed by atoms with Gasteiger partial charge in [-0.05, 0) is 24.6 Å². The molecule has 0 aliphatic carbocycles. The molecule has 1 aliphatic heterocycles. The van der Waals surface area contributed by atoms with E-state index in [1.54, 1.807) is 7.11 Å². The highest BCUT2D eigenvalue weighted by molar-refractivity contribution is 5.29. The van der Waals surface area contributed by atoms with E-state index < -0.39 is 0 Å². The first-order chi connectivity index (χ1) is 11.8. The number of morpholine rings is 1. The zero-order chi connectivity index (χ0) is 16.8. The monoisotopic (exact) mass is 330 g/mol. The normalized spacial score (nSPS) is 16.9. The molecule has 0 saturated carbocycles. The van der Waals surface area contributed by atoms with Gasteiger partial charge in [0, 0.05) is 43.5 Å². The highest BCUT2D eigenvalue weighted by Gasteiger charge is 2.22. The molecule has 0 radical (unpaired) electrons. The second kappa shape index (κ2) is 8.28. The molecule has 3 rings (SSSR count). The third kappa shape index (κ3) is 4.14. The molecular formula is C18H26N4O2. The molecule has 2 heterocycles. The van der Waals surface area contributed by atoms with Gasteiger partial charge in [-0.2, -0.15) is 5.10 Å². The third-order valence-electron chi connectivity index (χ3n) is 4.57. The van der Waals surface area contributed by atoms with Crippen LogP contribution in [0, 0.1) is 6.92 Å². The number of benzene rings is 1. The Hall–Kier alpha value is -1.89. The first-order valence-corrected chi connectivity index (χ1v) is 8.43. The van der Waals surface area contributed by atoms with Crippen molar-refractivity contribution >= 4 is 0 Å². The van der Waals surface area contributed by atoms with Crippen molar-refractivity contribution < 1.29 is 9.47 Å². The second-order valence-corrected chi connectivity index (χ2v) is 6.09. The topological polar surface area (TPSA) is 62.4 Å². The van der Waals surface area contributed by atoms with Gasteiger partial charge in [-0.1, -0.05) is 12.1 Å². The molecule has 6 nitrogen and oxygen atoms in total. The quantitative estimate of drug-likeness (QED) is 0.812.